The highest BCUT2D eigenvalue weighted by Crippen LogP contribution is 2.21. The third-order valence-corrected chi connectivity index (χ3v) is 3.24. The summed E-state index contributed by atoms with van der Waals surface area (Å²) in [5, 5.41) is 13.2. The van der Waals surface area contributed by atoms with Gasteiger partial charge in [-0.3, -0.25) is 0 Å². The number of halogens is 2. The minimum atomic E-state index is 0.331. The van der Waals surface area contributed by atoms with Gasteiger partial charge in [-0.15, -0.1) is 0 Å². The van der Waals surface area contributed by atoms with Crippen LogP contribution in [0, 0.1) is 11.3 Å². The smallest absolute Gasteiger partial charge is 0.203 e. The first-order chi connectivity index (χ1) is 9.19. The SMILES string of the molecule is N#Cc1ccc(CNCCc2ccc(Cl)cc2Cl)o1. The third kappa shape index (κ3) is 4.00. The summed E-state index contributed by atoms with van der Waals surface area (Å²) in [5.41, 5.74) is 1.05. The van der Waals surface area contributed by atoms with E-state index in [1.165, 1.54) is 0 Å². The lowest BCUT2D eigenvalue weighted by molar-refractivity contribution is 0.475. The van der Waals surface area contributed by atoms with Crippen LogP contribution < -0.4 is 5.32 Å². The quantitative estimate of drug-likeness (QED) is 0.854. The van der Waals surface area contributed by atoms with Crippen molar-refractivity contribution in [2.45, 2.75) is 13.0 Å². The number of nitrogens with zero attached hydrogens (tertiary/aromatic N) is 1. The first kappa shape index (κ1) is 14.0. The highest BCUT2D eigenvalue weighted by atomic mass is 35.5. The maximum absolute atomic E-state index is 8.63. The summed E-state index contributed by atoms with van der Waals surface area (Å²) in [6.45, 7) is 1.36. The lowest BCUT2D eigenvalue weighted by Crippen LogP contribution is -2.16. The van der Waals surface area contributed by atoms with Gasteiger partial charge in [-0.2, -0.15) is 5.26 Å². The summed E-state index contributed by atoms with van der Waals surface area (Å²) in [6, 6.07) is 10.9. The molecule has 5 heteroatoms. The van der Waals surface area contributed by atoms with Gasteiger partial charge in [0, 0.05) is 10.0 Å². The lowest BCUT2D eigenvalue weighted by atomic mass is 10.1. The van der Waals surface area contributed by atoms with Crippen molar-refractivity contribution in [1.82, 2.24) is 5.32 Å². The van der Waals surface area contributed by atoms with Crippen LogP contribution in [0.25, 0.3) is 0 Å². The van der Waals surface area contributed by atoms with Crippen molar-refractivity contribution in [3.63, 3.8) is 0 Å². The van der Waals surface area contributed by atoms with Gasteiger partial charge < -0.3 is 9.73 Å². The number of hydrogen-bond donors (Lipinski definition) is 1. The topological polar surface area (TPSA) is 49.0 Å². The van der Waals surface area contributed by atoms with Gasteiger partial charge in [0.1, 0.15) is 11.8 Å². The molecule has 0 aliphatic heterocycles. The molecule has 0 aliphatic rings. The fourth-order valence-corrected chi connectivity index (χ4v) is 2.20. The van der Waals surface area contributed by atoms with Crippen molar-refractivity contribution in [2.24, 2.45) is 0 Å². The Kier molecular flexibility index (Phi) is 4.86. The zero-order chi connectivity index (χ0) is 13.7. The van der Waals surface area contributed by atoms with Gasteiger partial charge in [0.2, 0.25) is 5.76 Å². The van der Waals surface area contributed by atoms with Crippen LogP contribution in [0.3, 0.4) is 0 Å². The van der Waals surface area contributed by atoms with E-state index in [-0.39, 0.29) is 0 Å². The van der Waals surface area contributed by atoms with Crippen LogP contribution in [0.4, 0.5) is 0 Å². The molecule has 1 aromatic heterocycles. The van der Waals surface area contributed by atoms with Crippen molar-refractivity contribution in [1.29, 1.82) is 5.26 Å². The number of nitriles is 1. The fraction of sp³-hybridized carbons (Fsp3) is 0.214. The molecular formula is C14H12Cl2N2O. The maximum Gasteiger partial charge on any atom is 0.203 e. The molecule has 0 fully saturated rings. The van der Waals surface area contributed by atoms with E-state index in [0.717, 1.165) is 24.3 Å². The summed E-state index contributed by atoms with van der Waals surface area (Å²) in [4.78, 5) is 0. The second-order valence-corrected chi connectivity index (χ2v) is 4.88. The molecule has 1 N–H and O–H groups in total. The van der Waals surface area contributed by atoms with Crippen LogP contribution in [0.5, 0.6) is 0 Å². The molecule has 0 radical (unpaired) electrons. The van der Waals surface area contributed by atoms with Gasteiger partial charge in [0.25, 0.3) is 0 Å². The molecule has 19 heavy (non-hydrogen) atoms. The maximum atomic E-state index is 8.63. The molecule has 0 saturated carbocycles. The number of benzene rings is 1. The van der Waals surface area contributed by atoms with E-state index in [4.69, 9.17) is 32.9 Å². The summed E-state index contributed by atoms with van der Waals surface area (Å²) >= 11 is 11.9. The second kappa shape index (κ2) is 6.63. The predicted octanol–water partition coefficient (Wildman–Crippen LogP) is 3.79. The summed E-state index contributed by atoms with van der Waals surface area (Å²) in [7, 11) is 0. The van der Waals surface area contributed by atoms with Crippen LogP contribution in [0.15, 0.2) is 34.7 Å². The molecule has 3 nitrogen and oxygen atoms in total. The average molecular weight is 295 g/mol. The second-order valence-electron chi connectivity index (χ2n) is 4.04. The molecule has 0 bridgehead atoms. The van der Waals surface area contributed by atoms with E-state index in [1.54, 1.807) is 18.2 Å². The minimum absolute atomic E-state index is 0.331. The van der Waals surface area contributed by atoms with E-state index in [2.05, 4.69) is 5.32 Å². The first-order valence-electron chi connectivity index (χ1n) is 5.82. The summed E-state index contributed by atoms with van der Waals surface area (Å²) in [6.07, 6.45) is 0.807. The van der Waals surface area contributed by atoms with Crippen molar-refractivity contribution in [3.8, 4) is 6.07 Å². The molecule has 2 aromatic rings. The zero-order valence-corrected chi connectivity index (χ0v) is 11.6. The van der Waals surface area contributed by atoms with E-state index < -0.39 is 0 Å². The van der Waals surface area contributed by atoms with Gasteiger partial charge >= 0.3 is 0 Å². The van der Waals surface area contributed by atoms with Gasteiger partial charge in [0.15, 0.2) is 0 Å². The van der Waals surface area contributed by atoms with Crippen molar-refractivity contribution in [3.05, 3.63) is 57.5 Å². The van der Waals surface area contributed by atoms with Crippen LogP contribution in [-0.2, 0) is 13.0 Å². The molecule has 0 atom stereocenters. The molecule has 2 rings (SSSR count). The minimum Gasteiger partial charge on any atom is -0.449 e. The highest BCUT2D eigenvalue weighted by molar-refractivity contribution is 6.35. The van der Waals surface area contributed by atoms with Crippen LogP contribution >= 0.6 is 23.2 Å². The van der Waals surface area contributed by atoms with Gasteiger partial charge in [-0.05, 0) is 42.8 Å². The monoisotopic (exact) mass is 294 g/mol. The molecule has 0 aliphatic carbocycles. The predicted molar refractivity (Wildman–Crippen MR) is 75.3 cm³/mol. The number of furan rings is 1. The summed E-state index contributed by atoms with van der Waals surface area (Å²) in [5.74, 6) is 1.08. The van der Waals surface area contributed by atoms with Gasteiger partial charge in [-0.1, -0.05) is 29.3 Å². The van der Waals surface area contributed by atoms with E-state index >= 15 is 0 Å². The normalized spacial score (nSPS) is 10.4. The van der Waals surface area contributed by atoms with Gasteiger partial charge in [0.05, 0.1) is 6.54 Å². The average Bonchev–Trinajstić information content (AvgIpc) is 2.84. The largest absolute Gasteiger partial charge is 0.449 e. The fourth-order valence-electron chi connectivity index (χ4n) is 1.69. The standard InChI is InChI=1S/C14H12Cl2N2O/c15-11-2-1-10(14(16)7-11)5-6-18-9-13-4-3-12(8-17)19-13/h1-4,7,18H,5-6,9H2. The Bertz CT molecular complexity index is 602. The Morgan fingerprint density at radius 1 is 1.21 bits per heavy atom. The Morgan fingerprint density at radius 2 is 2.05 bits per heavy atom. The molecule has 1 aromatic carbocycles. The van der Waals surface area contributed by atoms with E-state index in [0.29, 0.717) is 22.4 Å². The van der Waals surface area contributed by atoms with E-state index in [1.807, 2.05) is 18.2 Å². The lowest BCUT2D eigenvalue weighted by Gasteiger charge is -2.05. The molecular weight excluding hydrogens is 283 g/mol. The van der Waals surface area contributed by atoms with Crippen LogP contribution in [-0.4, -0.2) is 6.54 Å². The molecule has 0 unspecified atom stereocenters. The molecule has 0 amide bonds. The first-order valence-corrected chi connectivity index (χ1v) is 6.58. The van der Waals surface area contributed by atoms with Gasteiger partial charge in [-0.25, -0.2) is 0 Å². The summed E-state index contributed by atoms with van der Waals surface area (Å²) < 4.78 is 5.26. The molecule has 98 valence electrons. The zero-order valence-electron chi connectivity index (χ0n) is 10.1. The Balaban J connectivity index is 1.79. The Hall–Kier alpha value is -1.47. The van der Waals surface area contributed by atoms with Crippen LogP contribution in [0.1, 0.15) is 17.1 Å². The van der Waals surface area contributed by atoms with Crippen molar-refractivity contribution in [2.75, 3.05) is 6.54 Å². The molecule has 0 spiro atoms. The van der Waals surface area contributed by atoms with E-state index in [9.17, 15) is 0 Å². The Morgan fingerprint density at radius 3 is 2.74 bits per heavy atom. The third-order valence-electron chi connectivity index (χ3n) is 2.66. The molecule has 0 saturated heterocycles. The van der Waals surface area contributed by atoms with Crippen molar-refractivity contribution >= 4 is 23.2 Å². The number of hydrogen-bond acceptors (Lipinski definition) is 3. The van der Waals surface area contributed by atoms with Crippen LogP contribution in [0.2, 0.25) is 10.0 Å². The Labute approximate surface area is 121 Å². The number of nitrogens with one attached hydrogen (secondary N) is 1. The highest BCUT2D eigenvalue weighted by Gasteiger charge is 2.03. The molecule has 1 heterocycles. The van der Waals surface area contributed by atoms with Crippen molar-refractivity contribution < 1.29 is 4.42 Å². The number of rotatable bonds is 5.